The van der Waals surface area contributed by atoms with Gasteiger partial charge in [-0.1, -0.05) is 176 Å². The van der Waals surface area contributed by atoms with Gasteiger partial charge in [0.2, 0.25) is 0 Å². The van der Waals surface area contributed by atoms with Gasteiger partial charge in [-0.15, -0.1) is 0 Å². The molecule has 0 fully saturated rings. The third-order valence-corrected chi connectivity index (χ3v) is 11.6. The molecule has 5 nitrogen and oxygen atoms in total. The van der Waals surface area contributed by atoms with Gasteiger partial charge in [0.15, 0.2) is 17.5 Å². The first-order chi connectivity index (χ1) is 31.1. The SMILES string of the molecule is N#Cc1cccc(-c2ccc(-c3nc(-c4cccc(-c5ccccc5)c4)nc(-c4ccc5c(c4)oc4c(-c6ccccc6)ccc(-c6cccc(-c7ccccc7)c6)c45)n3)cc2)c1. The van der Waals surface area contributed by atoms with Crippen molar-refractivity contribution in [3.63, 3.8) is 0 Å². The largest absolute Gasteiger partial charge is 0.455 e. The zero-order chi connectivity index (χ0) is 42.1. The van der Waals surface area contributed by atoms with Crippen LogP contribution in [0.15, 0.2) is 223 Å². The average Bonchev–Trinajstić information content (AvgIpc) is 3.76. The Morgan fingerprint density at radius 2 is 0.778 bits per heavy atom. The summed E-state index contributed by atoms with van der Waals surface area (Å²) >= 11 is 0. The van der Waals surface area contributed by atoms with E-state index in [-0.39, 0.29) is 0 Å². The summed E-state index contributed by atoms with van der Waals surface area (Å²) < 4.78 is 6.95. The second kappa shape index (κ2) is 16.0. The quantitative estimate of drug-likeness (QED) is 0.153. The first-order valence-corrected chi connectivity index (χ1v) is 20.9. The summed E-state index contributed by atoms with van der Waals surface area (Å²) in [4.78, 5) is 15.4. The average molecular weight is 805 g/mol. The Labute approximate surface area is 364 Å². The molecule has 0 aliphatic heterocycles. The number of rotatable bonds is 8. The van der Waals surface area contributed by atoms with Crippen molar-refractivity contribution in [3.8, 4) is 95.9 Å². The van der Waals surface area contributed by atoms with E-state index in [0.717, 1.165) is 88.7 Å². The molecular formula is C58H36N4O. The molecule has 2 aromatic heterocycles. The van der Waals surface area contributed by atoms with Crippen LogP contribution in [0.5, 0.6) is 0 Å². The molecule has 11 aromatic rings. The molecule has 0 N–H and O–H groups in total. The first kappa shape index (κ1) is 37.3. The zero-order valence-electron chi connectivity index (χ0n) is 34.0. The van der Waals surface area contributed by atoms with Crippen LogP contribution in [0.2, 0.25) is 0 Å². The van der Waals surface area contributed by atoms with Crippen LogP contribution < -0.4 is 0 Å². The summed E-state index contributed by atoms with van der Waals surface area (Å²) in [7, 11) is 0. The van der Waals surface area contributed by atoms with E-state index in [1.807, 2.05) is 91.0 Å². The molecule has 0 atom stereocenters. The normalized spacial score (nSPS) is 11.2. The molecule has 0 radical (unpaired) electrons. The van der Waals surface area contributed by atoms with Crippen LogP contribution in [0.25, 0.3) is 112 Å². The van der Waals surface area contributed by atoms with E-state index >= 15 is 0 Å². The van der Waals surface area contributed by atoms with Crippen LogP contribution in [-0.4, -0.2) is 15.0 Å². The molecule has 0 saturated heterocycles. The molecule has 5 heteroatoms. The van der Waals surface area contributed by atoms with Crippen molar-refractivity contribution >= 4 is 21.9 Å². The van der Waals surface area contributed by atoms with Gasteiger partial charge in [0.05, 0.1) is 11.6 Å². The van der Waals surface area contributed by atoms with Crippen LogP contribution in [0.4, 0.5) is 0 Å². The molecule has 0 saturated carbocycles. The van der Waals surface area contributed by atoms with Crippen LogP contribution in [0.3, 0.4) is 0 Å². The fraction of sp³-hybridized carbons (Fsp3) is 0. The van der Waals surface area contributed by atoms with E-state index in [4.69, 9.17) is 19.4 Å². The van der Waals surface area contributed by atoms with Crippen molar-refractivity contribution in [2.45, 2.75) is 0 Å². The molecule has 2 heterocycles. The topological polar surface area (TPSA) is 75.6 Å². The Bertz CT molecular complexity index is 3500. The highest BCUT2D eigenvalue weighted by Gasteiger charge is 2.20. The van der Waals surface area contributed by atoms with Crippen molar-refractivity contribution in [1.29, 1.82) is 5.26 Å². The van der Waals surface area contributed by atoms with E-state index in [9.17, 15) is 5.26 Å². The van der Waals surface area contributed by atoms with Gasteiger partial charge in [-0.05, 0) is 92.5 Å². The van der Waals surface area contributed by atoms with E-state index < -0.39 is 0 Å². The van der Waals surface area contributed by atoms with Gasteiger partial charge in [0.25, 0.3) is 0 Å². The smallest absolute Gasteiger partial charge is 0.164 e. The maximum atomic E-state index is 9.50. The Morgan fingerprint density at radius 1 is 0.333 bits per heavy atom. The molecule has 63 heavy (non-hydrogen) atoms. The highest BCUT2D eigenvalue weighted by atomic mass is 16.3. The lowest BCUT2D eigenvalue weighted by atomic mass is 9.93. The fourth-order valence-corrected chi connectivity index (χ4v) is 8.41. The van der Waals surface area contributed by atoms with Gasteiger partial charge >= 0.3 is 0 Å². The molecule has 0 bridgehead atoms. The molecular weight excluding hydrogens is 769 g/mol. The monoisotopic (exact) mass is 804 g/mol. The van der Waals surface area contributed by atoms with Gasteiger partial charge in [0, 0.05) is 33.0 Å². The summed E-state index contributed by atoms with van der Waals surface area (Å²) in [6.45, 7) is 0. The van der Waals surface area contributed by atoms with Gasteiger partial charge in [-0.2, -0.15) is 5.26 Å². The minimum Gasteiger partial charge on any atom is -0.455 e. The summed E-state index contributed by atoms with van der Waals surface area (Å²) in [5.41, 5.74) is 15.5. The first-order valence-electron chi connectivity index (χ1n) is 20.9. The minimum absolute atomic E-state index is 0.535. The van der Waals surface area contributed by atoms with Crippen LogP contribution in [0, 0.1) is 11.3 Å². The van der Waals surface area contributed by atoms with Gasteiger partial charge in [-0.25, -0.2) is 15.0 Å². The van der Waals surface area contributed by atoms with E-state index in [0.29, 0.717) is 23.0 Å². The molecule has 0 aliphatic carbocycles. The Hall–Kier alpha value is -8.72. The second-order valence-corrected chi connectivity index (χ2v) is 15.5. The number of benzene rings is 9. The van der Waals surface area contributed by atoms with Gasteiger partial charge in [-0.3, -0.25) is 0 Å². The Balaban J connectivity index is 1.07. The number of hydrogen-bond donors (Lipinski definition) is 0. The van der Waals surface area contributed by atoms with Crippen molar-refractivity contribution in [2.75, 3.05) is 0 Å². The van der Waals surface area contributed by atoms with Crippen molar-refractivity contribution in [2.24, 2.45) is 0 Å². The fourth-order valence-electron chi connectivity index (χ4n) is 8.41. The third kappa shape index (κ3) is 7.22. The Kier molecular flexibility index (Phi) is 9.50. The molecule has 0 unspecified atom stereocenters. The predicted octanol–water partition coefficient (Wildman–Crippen LogP) is 15.0. The van der Waals surface area contributed by atoms with Crippen LogP contribution in [0.1, 0.15) is 5.56 Å². The van der Waals surface area contributed by atoms with Crippen molar-refractivity contribution in [1.82, 2.24) is 15.0 Å². The molecule has 9 aromatic carbocycles. The molecule has 0 aliphatic rings. The van der Waals surface area contributed by atoms with Crippen LogP contribution in [-0.2, 0) is 0 Å². The summed E-state index contributed by atoms with van der Waals surface area (Å²) in [6, 6.07) is 76.9. The number of nitriles is 1. The summed E-state index contributed by atoms with van der Waals surface area (Å²) in [5, 5.41) is 11.6. The molecule has 11 rings (SSSR count). The summed E-state index contributed by atoms with van der Waals surface area (Å²) in [6.07, 6.45) is 0. The lowest BCUT2D eigenvalue weighted by Crippen LogP contribution is -2.00. The number of nitrogens with zero attached hydrogens (tertiary/aromatic N) is 4. The highest BCUT2D eigenvalue weighted by Crippen LogP contribution is 2.43. The van der Waals surface area contributed by atoms with E-state index in [2.05, 4.69) is 133 Å². The third-order valence-electron chi connectivity index (χ3n) is 11.6. The lowest BCUT2D eigenvalue weighted by Gasteiger charge is -2.11. The number of furan rings is 1. The maximum absolute atomic E-state index is 9.50. The van der Waals surface area contributed by atoms with Crippen LogP contribution >= 0.6 is 0 Å². The van der Waals surface area contributed by atoms with Gasteiger partial charge < -0.3 is 4.42 Å². The zero-order valence-corrected chi connectivity index (χ0v) is 34.0. The van der Waals surface area contributed by atoms with Crippen molar-refractivity contribution < 1.29 is 4.42 Å². The second-order valence-electron chi connectivity index (χ2n) is 15.5. The van der Waals surface area contributed by atoms with Crippen molar-refractivity contribution in [3.05, 3.63) is 224 Å². The Morgan fingerprint density at radius 3 is 1.41 bits per heavy atom. The maximum Gasteiger partial charge on any atom is 0.164 e. The highest BCUT2D eigenvalue weighted by molar-refractivity contribution is 6.16. The summed E-state index contributed by atoms with van der Waals surface area (Å²) in [5.74, 6) is 1.65. The number of hydrogen-bond acceptors (Lipinski definition) is 5. The molecule has 0 amide bonds. The van der Waals surface area contributed by atoms with E-state index in [1.54, 1.807) is 0 Å². The number of fused-ring (bicyclic) bond motifs is 3. The lowest BCUT2D eigenvalue weighted by molar-refractivity contribution is 0.670. The number of aromatic nitrogens is 3. The van der Waals surface area contributed by atoms with Gasteiger partial charge in [0.1, 0.15) is 11.2 Å². The molecule has 294 valence electrons. The predicted molar refractivity (Wildman–Crippen MR) is 255 cm³/mol. The minimum atomic E-state index is 0.535. The standard InChI is InChI=1S/C58H36N4O/c59-37-38-13-10-20-44(33-38)41-25-27-43(28-26-41)56-60-57(48-24-12-22-46(35-48)40-16-6-2-7-17-40)62-58(61-56)49-29-30-52-53(36-49)63-55-51(42-18-8-3-9-19-42)32-31-50(54(52)55)47-23-11-21-45(34-47)39-14-4-1-5-15-39/h1-36H. The van der Waals surface area contributed by atoms with E-state index in [1.165, 1.54) is 5.56 Å². The molecule has 0 spiro atoms.